The van der Waals surface area contributed by atoms with Crippen LogP contribution < -0.4 is 4.72 Å². The molecule has 6 nitrogen and oxygen atoms in total. The van der Waals surface area contributed by atoms with Gasteiger partial charge >= 0.3 is 5.97 Å². The molecule has 0 bridgehead atoms. The highest BCUT2D eigenvalue weighted by atomic mass is 127. The summed E-state index contributed by atoms with van der Waals surface area (Å²) < 4.78 is 32.2. The smallest absolute Gasteiger partial charge is 0.336 e. The second kappa shape index (κ2) is 7.34. The van der Waals surface area contributed by atoms with Gasteiger partial charge in [0.25, 0.3) is 0 Å². The van der Waals surface area contributed by atoms with Crippen LogP contribution in [0.3, 0.4) is 0 Å². The molecule has 1 atom stereocenters. The number of benzene rings is 1. The summed E-state index contributed by atoms with van der Waals surface area (Å²) >= 11 is 1.85. The number of nitrogens with one attached hydrogen (secondary N) is 1. The van der Waals surface area contributed by atoms with E-state index in [4.69, 9.17) is 9.84 Å². The normalized spacial score (nSPS) is 13.2. The molecule has 0 heterocycles. The van der Waals surface area contributed by atoms with Crippen LogP contribution >= 0.6 is 22.6 Å². The Morgan fingerprint density at radius 1 is 1.50 bits per heavy atom. The molecule has 8 heteroatoms. The molecule has 20 heavy (non-hydrogen) atoms. The van der Waals surface area contributed by atoms with Gasteiger partial charge in [-0.15, -0.1) is 0 Å². The number of rotatable bonds is 7. The summed E-state index contributed by atoms with van der Waals surface area (Å²) in [5.41, 5.74) is -0.0358. The fourth-order valence-electron chi connectivity index (χ4n) is 1.49. The molecule has 0 spiro atoms. The number of ether oxygens (including phenoxy) is 1. The first-order valence-electron chi connectivity index (χ1n) is 5.92. The molecular weight excluding hydrogens is 397 g/mol. The summed E-state index contributed by atoms with van der Waals surface area (Å²) in [6.45, 7) is 4.20. The summed E-state index contributed by atoms with van der Waals surface area (Å²) in [4.78, 5) is 10.9. The maximum absolute atomic E-state index is 12.1. The SMILES string of the molecule is CCOC(C)CNS(=O)(=O)c1ccc(I)c(C(=O)O)c1. The molecule has 1 rings (SSSR count). The van der Waals surface area contributed by atoms with E-state index in [1.165, 1.54) is 12.1 Å². The number of hydrogen-bond acceptors (Lipinski definition) is 4. The van der Waals surface area contributed by atoms with Crippen LogP contribution in [-0.4, -0.2) is 38.7 Å². The lowest BCUT2D eigenvalue weighted by Crippen LogP contribution is -2.32. The zero-order chi connectivity index (χ0) is 15.3. The molecule has 0 saturated heterocycles. The van der Waals surface area contributed by atoms with Crippen molar-refractivity contribution in [3.63, 3.8) is 0 Å². The van der Waals surface area contributed by atoms with Crippen LogP contribution in [-0.2, 0) is 14.8 Å². The number of carbonyl (C=O) groups is 1. The standard InChI is InChI=1S/C12H16INO5S/c1-3-19-8(2)7-14-20(17,18)9-4-5-11(13)10(6-9)12(15)16/h4-6,8,14H,3,7H2,1-2H3,(H,15,16). The van der Waals surface area contributed by atoms with E-state index in [1.54, 1.807) is 6.92 Å². The first kappa shape index (κ1) is 17.3. The van der Waals surface area contributed by atoms with Crippen LogP contribution in [0.25, 0.3) is 0 Å². The van der Waals surface area contributed by atoms with Crippen molar-refractivity contribution in [1.29, 1.82) is 0 Å². The molecule has 0 aliphatic carbocycles. The Bertz CT molecular complexity index is 588. The molecule has 1 unspecified atom stereocenters. The van der Waals surface area contributed by atoms with E-state index < -0.39 is 16.0 Å². The number of carboxylic acids is 1. The van der Waals surface area contributed by atoms with Crippen LogP contribution in [0.1, 0.15) is 24.2 Å². The molecule has 2 N–H and O–H groups in total. The maximum Gasteiger partial charge on any atom is 0.336 e. The number of sulfonamides is 1. The Hall–Kier alpha value is -0.710. The number of aromatic carboxylic acids is 1. The van der Waals surface area contributed by atoms with Gasteiger partial charge in [-0.3, -0.25) is 0 Å². The third-order valence-electron chi connectivity index (χ3n) is 2.49. The summed E-state index contributed by atoms with van der Waals surface area (Å²) in [5.74, 6) is -1.16. The molecule has 0 radical (unpaired) electrons. The van der Waals surface area contributed by atoms with Crippen LogP contribution in [0.5, 0.6) is 0 Å². The largest absolute Gasteiger partial charge is 0.478 e. The Balaban J connectivity index is 2.93. The fourth-order valence-corrected chi connectivity index (χ4v) is 3.20. The van der Waals surface area contributed by atoms with Gasteiger partial charge in [0.05, 0.1) is 16.6 Å². The third-order valence-corrected chi connectivity index (χ3v) is 4.85. The van der Waals surface area contributed by atoms with Crippen LogP contribution in [0, 0.1) is 3.57 Å². The highest BCUT2D eigenvalue weighted by molar-refractivity contribution is 14.1. The van der Waals surface area contributed by atoms with Gasteiger partial charge in [0.2, 0.25) is 10.0 Å². The average Bonchev–Trinajstić information content (AvgIpc) is 2.37. The van der Waals surface area contributed by atoms with Gasteiger partial charge < -0.3 is 9.84 Å². The maximum atomic E-state index is 12.1. The molecule has 0 saturated carbocycles. The Labute approximate surface area is 131 Å². The molecule has 0 aliphatic heterocycles. The zero-order valence-electron chi connectivity index (χ0n) is 11.1. The Morgan fingerprint density at radius 3 is 2.70 bits per heavy atom. The monoisotopic (exact) mass is 413 g/mol. The summed E-state index contributed by atoms with van der Waals surface area (Å²) in [5, 5.41) is 9.00. The van der Waals surface area contributed by atoms with E-state index in [9.17, 15) is 13.2 Å². The van der Waals surface area contributed by atoms with Crippen LogP contribution in [0.15, 0.2) is 23.1 Å². The average molecular weight is 413 g/mol. The number of hydrogen-bond donors (Lipinski definition) is 2. The Kier molecular flexibility index (Phi) is 6.37. The lowest BCUT2D eigenvalue weighted by molar-refractivity contribution is 0.0695. The molecular formula is C12H16INO5S. The molecule has 0 aromatic heterocycles. The minimum absolute atomic E-state index is 0.0358. The summed E-state index contributed by atoms with van der Waals surface area (Å²) in [6, 6.07) is 3.99. The summed E-state index contributed by atoms with van der Waals surface area (Å²) in [7, 11) is -3.74. The van der Waals surface area contributed by atoms with Crippen molar-refractivity contribution in [2.45, 2.75) is 24.8 Å². The van der Waals surface area contributed by atoms with Gasteiger partial charge in [0, 0.05) is 16.7 Å². The second-order valence-corrected chi connectivity index (χ2v) is 6.99. The van der Waals surface area contributed by atoms with Gasteiger partial charge in [-0.1, -0.05) is 0 Å². The van der Waals surface area contributed by atoms with E-state index in [2.05, 4.69) is 4.72 Å². The molecule has 1 aromatic rings. The predicted molar refractivity (Wildman–Crippen MR) is 82.4 cm³/mol. The zero-order valence-corrected chi connectivity index (χ0v) is 14.1. The minimum Gasteiger partial charge on any atom is -0.478 e. The number of carboxylic acid groups (broad SMARTS) is 1. The molecule has 0 fully saturated rings. The van der Waals surface area contributed by atoms with Crippen molar-refractivity contribution in [3.8, 4) is 0 Å². The van der Waals surface area contributed by atoms with Gasteiger partial charge in [0.1, 0.15) is 0 Å². The van der Waals surface area contributed by atoms with Gasteiger partial charge in [-0.2, -0.15) is 0 Å². The van der Waals surface area contributed by atoms with Crippen molar-refractivity contribution >= 4 is 38.6 Å². The fraction of sp³-hybridized carbons (Fsp3) is 0.417. The first-order valence-corrected chi connectivity index (χ1v) is 8.48. The van der Waals surface area contributed by atoms with Crippen molar-refractivity contribution in [3.05, 3.63) is 27.3 Å². The van der Waals surface area contributed by atoms with Crippen LogP contribution in [0.4, 0.5) is 0 Å². The van der Waals surface area contributed by atoms with Crippen molar-refractivity contribution < 1.29 is 23.1 Å². The predicted octanol–water partition coefficient (Wildman–Crippen LogP) is 1.69. The van der Waals surface area contributed by atoms with E-state index in [0.29, 0.717) is 10.2 Å². The molecule has 112 valence electrons. The van der Waals surface area contributed by atoms with Gasteiger partial charge in [-0.05, 0) is 54.6 Å². The van der Waals surface area contributed by atoms with Gasteiger partial charge in [0.15, 0.2) is 0 Å². The Morgan fingerprint density at radius 2 is 2.15 bits per heavy atom. The number of halogens is 1. The highest BCUT2D eigenvalue weighted by Crippen LogP contribution is 2.18. The van der Waals surface area contributed by atoms with E-state index in [-0.39, 0.29) is 23.1 Å². The topological polar surface area (TPSA) is 92.7 Å². The van der Waals surface area contributed by atoms with Gasteiger partial charge in [-0.25, -0.2) is 17.9 Å². The summed E-state index contributed by atoms with van der Waals surface area (Å²) in [6.07, 6.45) is -0.252. The first-order chi connectivity index (χ1) is 9.27. The lowest BCUT2D eigenvalue weighted by Gasteiger charge is -2.13. The van der Waals surface area contributed by atoms with E-state index in [0.717, 1.165) is 6.07 Å². The van der Waals surface area contributed by atoms with E-state index in [1.807, 2.05) is 29.5 Å². The molecule has 0 amide bonds. The minimum atomic E-state index is -3.74. The molecule has 0 aliphatic rings. The van der Waals surface area contributed by atoms with Crippen molar-refractivity contribution in [2.24, 2.45) is 0 Å². The third kappa shape index (κ3) is 4.69. The van der Waals surface area contributed by atoms with E-state index >= 15 is 0 Å². The quantitative estimate of drug-likeness (QED) is 0.664. The highest BCUT2D eigenvalue weighted by Gasteiger charge is 2.18. The lowest BCUT2D eigenvalue weighted by atomic mass is 10.2. The second-order valence-electron chi connectivity index (χ2n) is 4.06. The van der Waals surface area contributed by atoms with Crippen LogP contribution in [0.2, 0.25) is 0 Å². The molecule has 1 aromatic carbocycles. The van der Waals surface area contributed by atoms with Crippen molar-refractivity contribution in [1.82, 2.24) is 4.72 Å². The van der Waals surface area contributed by atoms with Crippen molar-refractivity contribution in [2.75, 3.05) is 13.2 Å².